The van der Waals surface area contributed by atoms with Crippen molar-refractivity contribution in [2.45, 2.75) is 13.5 Å². The lowest BCUT2D eigenvalue weighted by atomic mass is 10.0. The molecule has 0 unspecified atom stereocenters. The van der Waals surface area contributed by atoms with Crippen molar-refractivity contribution in [2.24, 2.45) is 0 Å². The number of hydrogen-bond acceptors (Lipinski definition) is 2. The van der Waals surface area contributed by atoms with Gasteiger partial charge in [-0.3, -0.25) is 0 Å². The van der Waals surface area contributed by atoms with Gasteiger partial charge in [0, 0.05) is 12.1 Å². The molecule has 0 heterocycles. The van der Waals surface area contributed by atoms with E-state index in [1.807, 2.05) is 32.2 Å². The third-order valence-corrected chi connectivity index (χ3v) is 2.81. The van der Waals surface area contributed by atoms with Gasteiger partial charge in [0.15, 0.2) is 0 Å². The normalized spacial score (nSPS) is 10.3. The maximum Gasteiger partial charge on any atom is 0.127 e. The summed E-state index contributed by atoms with van der Waals surface area (Å²) in [4.78, 5) is 0. The van der Waals surface area contributed by atoms with Crippen LogP contribution in [0.2, 0.25) is 0 Å². The van der Waals surface area contributed by atoms with E-state index in [1.165, 1.54) is 11.1 Å². The first-order chi connectivity index (χ1) is 8.85. The first-order valence-corrected chi connectivity index (χ1v) is 6.31. The molecule has 18 heavy (non-hydrogen) atoms. The van der Waals surface area contributed by atoms with Crippen LogP contribution < -0.4 is 10.1 Å². The van der Waals surface area contributed by atoms with Crippen molar-refractivity contribution in [3.63, 3.8) is 0 Å². The summed E-state index contributed by atoms with van der Waals surface area (Å²) >= 11 is 0. The molecule has 1 N–H and O–H groups in total. The molecule has 0 fully saturated rings. The fraction of sp³-hybridized carbons (Fsp3) is 0.250. The zero-order valence-corrected chi connectivity index (χ0v) is 10.9. The van der Waals surface area contributed by atoms with E-state index in [0.717, 1.165) is 17.9 Å². The first-order valence-electron chi connectivity index (χ1n) is 6.31. The molecule has 2 aromatic rings. The standard InChI is InChI=1S/C16H19NO/c1-3-18-16-10-5-4-9-15(16)14-8-6-7-13(11-14)12-17-2/h4-11,17H,3,12H2,1-2H3. The Hall–Kier alpha value is -1.80. The van der Waals surface area contributed by atoms with Crippen LogP contribution in [0.1, 0.15) is 12.5 Å². The SMILES string of the molecule is CCOc1ccccc1-c1cccc(CNC)c1. The minimum Gasteiger partial charge on any atom is -0.493 e. The maximum absolute atomic E-state index is 5.68. The summed E-state index contributed by atoms with van der Waals surface area (Å²) in [7, 11) is 1.96. The van der Waals surface area contributed by atoms with E-state index in [0.29, 0.717) is 6.61 Å². The lowest BCUT2D eigenvalue weighted by Crippen LogP contribution is -2.04. The van der Waals surface area contributed by atoms with Gasteiger partial charge in [-0.05, 0) is 37.2 Å². The molecule has 2 rings (SSSR count). The number of nitrogens with one attached hydrogen (secondary N) is 1. The van der Waals surface area contributed by atoms with E-state index in [4.69, 9.17) is 4.74 Å². The summed E-state index contributed by atoms with van der Waals surface area (Å²) in [6, 6.07) is 16.7. The molecule has 0 aliphatic rings. The Kier molecular flexibility index (Phi) is 4.37. The summed E-state index contributed by atoms with van der Waals surface area (Å²) in [5, 5.41) is 3.17. The molecule has 2 nitrogen and oxygen atoms in total. The summed E-state index contributed by atoms with van der Waals surface area (Å²) in [5.74, 6) is 0.946. The van der Waals surface area contributed by atoms with E-state index in [9.17, 15) is 0 Å². The molecular formula is C16H19NO. The van der Waals surface area contributed by atoms with Crippen LogP contribution in [0.25, 0.3) is 11.1 Å². The van der Waals surface area contributed by atoms with Gasteiger partial charge in [0.2, 0.25) is 0 Å². The summed E-state index contributed by atoms with van der Waals surface area (Å²) < 4.78 is 5.68. The highest BCUT2D eigenvalue weighted by Crippen LogP contribution is 2.30. The summed E-state index contributed by atoms with van der Waals surface area (Å²) in [5.41, 5.74) is 3.63. The van der Waals surface area contributed by atoms with Crippen molar-refractivity contribution in [3.8, 4) is 16.9 Å². The number of rotatable bonds is 5. The molecule has 0 radical (unpaired) electrons. The van der Waals surface area contributed by atoms with Gasteiger partial charge in [-0.15, -0.1) is 0 Å². The Morgan fingerprint density at radius 3 is 2.67 bits per heavy atom. The fourth-order valence-corrected chi connectivity index (χ4v) is 2.04. The maximum atomic E-state index is 5.68. The smallest absolute Gasteiger partial charge is 0.127 e. The summed E-state index contributed by atoms with van der Waals surface area (Å²) in [6.07, 6.45) is 0. The second-order valence-corrected chi connectivity index (χ2v) is 4.16. The Balaban J connectivity index is 2.38. The van der Waals surface area contributed by atoms with Crippen LogP contribution in [0.15, 0.2) is 48.5 Å². The predicted octanol–water partition coefficient (Wildman–Crippen LogP) is 3.47. The molecule has 2 aromatic carbocycles. The highest BCUT2D eigenvalue weighted by Gasteiger charge is 2.05. The van der Waals surface area contributed by atoms with Crippen LogP contribution in [0.4, 0.5) is 0 Å². The highest BCUT2D eigenvalue weighted by molar-refractivity contribution is 5.70. The number of benzene rings is 2. The van der Waals surface area contributed by atoms with Gasteiger partial charge >= 0.3 is 0 Å². The monoisotopic (exact) mass is 241 g/mol. The van der Waals surface area contributed by atoms with Crippen molar-refractivity contribution in [3.05, 3.63) is 54.1 Å². The fourth-order valence-electron chi connectivity index (χ4n) is 2.04. The van der Waals surface area contributed by atoms with Gasteiger partial charge in [0.05, 0.1) is 6.61 Å². The number of ether oxygens (including phenoxy) is 1. The largest absolute Gasteiger partial charge is 0.493 e. The van der Waals surface area contributed by atoms with Gasteiger partial charge in [0.25, 0.3) is 0 Å². The quantitative estimate of drug-likeness (QED) is 0.865. The molecule has 0 saturated carbocycles. The van der Waals surface area contributed by atoms with E-state index in [1.54, 1.807) is 0 Å². The van der Waals surface area contributed by atoms with Crippen LogP contribution in [0.5, 0.6) is 5.75 Å². The third kappa shape index (κ3) is 2.90. The zero-order valence-electron chi connectivity index (χ0n) is 10.9. The molecule has 0 bridgehead atoms. The molecule has 94 valence electrons. The van der Waals surface area contributed by atoms with Crippen LogP contribution in [0.3, 0.4) is 0 Å². The minimum absolute atomic E-state index is 0.688. The first kappa shape index (κ1) is 12.7. The van der Waals surface area contributed by atoms with Crippen molar-refractivity contribution in [1.29, 1.82) is 0 Å². The topological polar surface area (TPSA) is 21.3 Å². The number of para-hydroxylation sites is 1. The number of hydrogen-bond donors (Lipinski definition) is 1. The molecule has 0 atom stereocenters. The Bertz CT molecular complexity index is 508. The van der Waals surface area contributed by atoms with Crippen LogP contribution >= 0.6 is 0 Å². The lowest BCUT2D eigenvalue weighted by molar-refractivity contribution is 0.341. The van der Waals surface area contributed by atoms with E-state index >= 15 is 0 Å². The molecular weight excluding hydrogens is 222 g/mol. The average molecular weight is 241 g/mol. The molecule has 0 amide bonds. The van der Waals surface area contributed by atoms with E-state index < -0.39 is 0 Å². The van der Waals surface area contributed by atoms with Crippen molar-refractivity contribution in [1.82, 2.24) is 5.32 Å². The average Bonchev–Trinajstić information content (AvgIpc) is 2.40. The Morgan fingerprint density at radius 2 is 1.89 bits per heavy atom. The zero-order chi connectivity index (χ0) is 12.8. The van der Waals surface area contributed by atoms with Gasteiger partial charge < -0.3 is 10.1 Å². The second kappa shape index (κ2) is 6.22. The van der Waals surface area contributed by atoms with Crippen molar-refractivity contribution < 1.29 is 4.74 Å². The predicted molar refractivity (Wildman–Crippen MR) is 75.8 cm³/mol. The molecule has 0 aromatic heterocycles. The van der Waals surface area contributed by atoms with Crippen molar-refractivity contribution >= 4 is 0 Å². The van der Waals surface area contributed by atoms with Crippen LogP contribution in [-0.2, 0) is 6.54 Å². The van der Waals surface area contributed by atoms with Gasteiger partial charge in [-0.2, -0.15) is 0 Å². The lowest BCUT2D eigenvalue weighted by Gasteiger charge is -2.11. The van der Waals surface area contributed by atoms with Gasteiger partial charge in [0.1, 0.15) is 5.75 Å². The van der Waals surface area contributed by atoms with Crippen LogP contribution in [-0.4, -0.2) is 13.7 Å². The van der Waals surface area contributed by atoms with Crippen LogP contribution in [0, 0.1) is 0 Å². The second-order valence-electron chi connectivity index (χ2n) is 4.16. The highest BCUT2D eigenvalue weighted by atomic mass is 16.5. The van der Waals surface area contributed by atoms with Crippen molar-refractivity contribution in [2.75, 3.05) is 13.7 Å². The van der Waals surface area contributed by atoms with Gasteiger partial charge in [-0.25, -0.2) is 0 Å². The van der Waals surface area contributed by atoms with E-state index in [-0.39, 0.29) is 0 Å². The molecule has 0 aliphatic heterocycles. The van der Waals surface area contributed by atoms with E-state index in [2.05, 4.69) is 35.6 Å². The summed E-state index contributed by atoms with van der Waals surface area (Å²) in [6.45, 7) is 3.58. The third-order valence-electron chi connectivity index (χ3n) is 2.81. The molecule has 0 saturated heterocycles. The molecule has 0 spiro atoms. The van der Waals surface area contributed by atoms with Gasteiger partial charge in [-0.1, -0.05) is 36.4 Å². The Morgan fingerprint density at radius 1 is 1.06 bits per heavy atom. The molecule has 2 heteroatoms. The Labute approximate surface area is 109 Å². The minimum atomic E-state index is 0.688. The molecule has 0 aliphatic carbocycles.